The number of amides is 1. The molecule has 1 amide bonds. The van der Waals surface area contributed by atoms with Crippen LogP contribution in [0.3, 0.4) is 0 Å². The maximum atomic E-state index is 12.9. The second kappa shape index (κ2) is 6.75. The largest absolute Gasteiger partial charge is 0.338 e. The second-order valence-electron chi connectivity index (χ2n) is 5.63. The van der Waals surface area contributed by atoms with Gasteiger partial charge >= 0.3 is 0 Å². The molecular weight excluding hydrogens is 307 g/mol. The molecule has 5 nitrogen and oxygen atoms in total. The number of hydrogen-bond acceptors (Lipinski definition) is 4. The van der Waals surface area contributed by atoms with Crippen LogP contribution in [0.15, 0.2) is 29.2 Å². The van der Waals surface area contributed by atoms with E-state index in [4.69, 9.17) is 5.73 Å². The van der Waals surface area contributed by atoms with Crippen LogP contribution in [0, 0.1) is 5.82 Å². The van der Waals surface area contributed by atoms with Crippen LogP contribution in [0.1, 0.15) is 26.2 Å². The van der Waals surface area contributed by atoms with Crippen LogP contribution in [0.5, 0.6) is 0 Å². The molecule has 1 aliphatic rings. The number of carbonyl (C=O) groups excluding carboxylic acids is 1. The Morgan fingerprint density at radius 2 is 2.05 bits per heavy atom. The third-order valence-corrected chi connectivity index (χ3v) is 6.26. The van der Waals surface area contributed by atoms with E-state index in [2.05, 4.69) is 0 Å². The summed E-state index contributed by atoms with van der Waals surface area (Å²) in [6, 6.07) is 4.67. The Morgan fingerprint density at radius 3 is 2.64 bits per heavy atom. The van der Waals surface area contributed by atoms with Crippen molar-refractivity contribution in [1.82, 2.24) is 4.90 Å². The van der Waals surface area contributed by atoms with Gasteiger partial charge in [0.25, 0.3) is 0 Å². The Balaban J connectivity index is 2.09. The van der Waals surface area contributed by atoms with E-state index < -0.39 is 20.9 Å². The summed E-state index contributed by atoms with van der Waals surface area (Å²) >= 11 is 0. The van der Waals surface area contributed by atoms with Crippen molar-refractivity contribution in [2.24, 2.45) is 5.73 Å². The molecule has 2 N–H and O–H groups in total. The Hall–Kier alpha value is -1.47. The summed E-state index contributed by atoms with van der Waals surface area (Å²) in [4.78, 5) is 14.0. The van der Waals surface area contributed by atoms with E-state index in [0.717, 1.165) is 25.0 Å². The number of hydrogen-bond donors (Lipinski definition) is 1. The van der Waals surface area contributed by atoms with Gasteiger partial charge in [0.05, 0.1) is 10.1 Å². The fourth-order valence-corrected chi connectivity index (χ4v) is 4.08. The van der Waals surface area contributed by atoms with E-state index in [1.54, 1.807) is 4.90 Å². The van der Waals surface area contributed by atoms with Gasteiger partial charge in [0.15, 0.2) is 9.84 Å². The molecule has 1 aromatic carbocycles. The lowest BCUT2D eigenvalue weighted by Gasteiger charge is -2.25. The molecule has 0 unspecified atom stereocenters. The fraction of sp³-hybridized carbons (Fsp3) is 0.533. The maximum Gasteiger partial charge on any atom is 0.224 e. The smallest absolute Gasteiger partial charge is 0.224 e. The highest BCUT2D eigenvalue weighted by Gasteiger charge is 2.32. The monoisotopic (exact) mass is 328 g/mol. The van der Waals surface area contributed by atoms with Crippen molar-refractivity contribution >= 4 is 15.7 Å². The number of likely N-dealkylation sites (tertiary alicyclic amines) is 1. The first-order chi connectivity index (χ1) is 10.4. The number of nitrogens with zero attached hydrogens (tertiary/aromatic N) is 1. The van der Waals surface area contributed by atoms with Crippen LogP contribution in [0.4, 0.5) is 4.39 Å². The third-order valence-electron chi connectivity index (χ3n) is 4.10. The minimum Gasteiger partial charge on any atom is -0.338 e. The summed E-state index contributed by atoms with van der Waals surface area (Å²) in [6.45, 7) is 2.53. The Kier molecular flexibility index (Phi) is 5.18. The summed E-state index contributed by atoms with van der Waals surface area (Å²) in [5.74, 6) is -0.684. The topological polar surface area (TPSA) is 80.5 Å². The van der Waals surface area contributed by atoms with Gasteiger partial charge in [-0.05, 0) is 44.0 Å². The number of rotatable bonds is 5. The second-order valence-corrected chi connectivity index (χ2v) is 8.00. The van der Waals surface area contributed by atoms with Crippen LogP contribution < -0.4 is 5.73 Å². The Morgan fingerprint density at radius 1 is 1.41 bits per heavy atom. The molecule has 7 heteroatoms. The molecule has 0 saturated carbocycles. The van der Waals surface area contributed by atoms with E-state index >= 15 is 0 Å². The zero-order chi connectivity index (χ0) is 16.3. The van der Waals surface area contributed by atoms with Gasteiger partial charge in [-0.25, -0.2) is 12.8 Å². The summed E-state index contributed by atoms with van der Waals surface area (Å²) < 4.78 is 37.8. The molecule has 1 fully saturated rings. The SMILES string of the molecule is C[C@H](CC(=O)N1CCC[C@H]1CN)S(=O)(=O)c1ccc(F)cc1. The zero-order valence-electron chi connectivity index (χ0n) is 12.5. The highest BCUT2D eigenvalue weighted by molar-refractivity contribution is 7.92. The van der Waals surface area contributed by atoms with E-state index in [-0.39, 0.29) is 23.3 Å². The fourth-order valence-electron chi connectivity index (χ4n) is 2.74. The van der Waals surface area contributed by atoms with Crippen LogP contribution in [0.25, 0.3) is 0 Å². The highest BCUT2D eigenvalue weighted by atomic mass is 32.2. The van der Waals surface area contributed by atoms with E-state index in [1.807, 2.05) is 0 Å². The molecule has 0 aliphatic carbocycles. The molecule has 0 aromatic heterocycles. The first kappa shape index (κ1) is 16.9. The molecule has 0 bridgehead atoms. The summed E-state index contributed by atoms with van der Waals surface area (Å²) in [5.41, 5.74) is 5.64. The molecule has 1 saturated heterocycles. The minimum atomic E-state index is -3.65. The molecular formula is C15H21FN2O3S. The van der Waals surface area contributed by atoms with Gasteiger partial charge in [0, 0.05) is 25.6 Å². The first-order valence-electron chi connectivity index (χ1n) is 7.35. The Labute approximate surface area is 130 Å². The lowest BCUT2D eigenvalue weighted by Crippen LogP contribution is -2.41. The van der Waals surface area contributed by atoms with Crippen molar-refractivity contribution in [3.8, 4) is 0 Å². The molecule has 1 aromatic rings. The zero-order valence-corrected chi connectivity index (χ0v) is 13.4. The Bertz CT molecular complexity index is 631. The van der Waals surface area contributed by atoms with Gasteiger partial charge in [-0.3, -0.25) is 4.79 Å². The first-order valence-corrected chi connectivity index (χ1v) is 8.90. The molecule has 1 aliphatic heterocycles. The average molecular weight is 328 g/mol. The quantitative estimate of drug-likeness (QED) is 0.827. The van der Waals surface area contributed by atoms with Gasteiger partial charge in [0.2, 0.25) is 5.91 Å². The normalized spacial score (nSPS) is 20.1. The lowest BCUT2D eigenvalue weighted by atomic mass is 10.2. The van der Waals surface area contributed by atoms with Gasteiger partial charge in [-0.2, -0.15) is 0 Å². The number of nitrogens with two attached hydrogens (primary N) is 1. The maximum absolute atomic E-state index is 12.9. The molecule has 22 heavy (non-hydrogen) atoms. The van der Waals surface area contributed by atoms with Crippen LogP contribution in [-0.2, 0) is 14.6 Å². The summed E-state index contributed by atoms with van der Waals surface area (Å²) in [7, 11) is -3.65. The van der Waals surface area contributed by atoms with E-state index in [9.17, 15) is 17.6 Å². The third kappa shape index (κ3) is 3.47. The predicted molar refractivity (Wildman–Crippen MR) is 81.5 cm³/mol. The van der Waals surface area contributed by atoms with Crippen molar-refractivity contribution in [3.05, 3.63) is 30.1 Å². The molecule has 0 spiro atoms. The van der Waals surface area contributed by atoms with E-state index in [0.29, 0.717) is 13.1 Å². The van der Waals surface area contributed by atoms with Gasteiger partial charge in [-0.1, -0.05) is 0 Å². The number of sulfone groups is 1. The molecule has 2 atom stereocenters. The molecule has 0 radical (unpaired) electrons. The minimum absolute atomic E-state index is 0.00762. The van der Waals surface area contributed by atoms with Crippen molar-refractivity contribution in [2.45, 2.75) is 42.4 Å². The number of halogens is 1. The number of benzene rings is 1. The highest BCUT2D eigenvalue weighted by Crippen LogP contribution is 2.22. The van der Waals surface area contributed by atoms with Crippen molar-refractivity contribution in [3.63, 3.8) is 0 Å². The van der Waals surface area contributed by atoms with Gasteiger partial charge < -0.3 is 10.6 Å². The molecule has 1 heterocycles. The average Bonchev–Trinajstić information content (AvgIpc) is 2.96. The van der Waals surface area contributed by atoms with Gasteiger partial charge in [-0.15, -0.1) is 0 Å². The van der Waals surface area contributed by atoms with Crippen LogP contribution in [-0.4, -0.2) is 43.6 Å². The van der Waals surface area contributed by atoms with Crippen molar-refractivity contribution < 1.29 is 17.6 Å². The van der Waals surface area contributed by atoms with Crippen LogP contribution in [0.2, 0.25) is 0 Å². The van der Waals surface area contributed by atoms with Crippen LogP contribution >= 0.6 is 0 Å². The van der Waals surface area contributed by atoms with E-state index in [1.165, 1.54) is 19.1 Å². The standard InChI is InChI=1S/C15H21FN2O3S/c1-11(9-15(19)18-8-2-3-13(18)10-17)22(20,21)14-6-4-12(16)5-7-14/h4-7,11,13H,2-3,8-10,17H2,1H3/t11-,13+/m1/s1. The van der Waals surface area contributed by atoms with Crippen molar-refractivity contribution in [2.75, 3.05) is 13.1 Å². The summed E-state index contributed by atoms with van der Waals surface area (Å²) in [6.07, 6.45) is 1.67. The lowest BCUT2D eigenvalue weighted by molar-refractivity contribution is -0.131. The molecule has 122 valence electrons. The van der Waals surface area contributed by atoms with Gasteiger partial charge in [0.1, 0.15) is 5.82 Å². The molecule has 2 rings (SSSR count). The van der Waals surface area contributed by atoms with Crippen molar-refractivity contribution in [1.29, 1.82) is 0 Å². The number of carbonyl (C=O) groups is 1. The predicted octanol–water partition coefficient (Wildman–Crippen LogP) is 1.33. The summed E-state index contributed by atoms with van der Waals surface area (Å²) in [5, 5.41) is -0.857.